The van der Waals surface area contributed by atoms with E-state index in [9.17, 15) is 4.79 Å². The fraction of sp³-hybridized carbons (Fsp3) is 0.231. The third-order valence-electron chi connectivity index (χ3n) is 5.93. The molecule has 3 aromatic rings. The summed E-state index contributed by atoms with van der Waals surface area (Å²) in [4.78, 5) is 22.2. The summed E-state index contributed by atoms with van der Waals surface area (Å²) in [6.45, 7) is 2.68. The molecule has 0 aliphatic carbocycles. The second-order valence-corrected chi connectivity index (χ2v) is 8.39. The number of carbonyl (C=O) groups is 1. The van der Waals surface area contributed by atoms with Gasteiger partial charge in [0.1, 0.15) is 23.0 Å². The van der Waals surface area contributed by atoms with Crippen molar-refractivity contribution in [2.75, 3.05) is 33.3 Å². The van der Waals surface area contributed by atoms with E-state index in [0.29, 0.717) is 41.7 Å². The Morgan fingerprint density at radius 3 is 2.64 bits per heavy atom. The van der Waals surface area contributed by atoms with E-state index in [1.54, 1.807) is 19.2 Å². The van der Waals surface area contributed by atoms with Crippen molar-refractivity contribution in [1.82, 2.24) is 9.80 Å². The second kappa shape index (κ2) is 9.16. The van der Waals surface area contributed by atoms with Gasteiger partial charge in [0.2, 0.25) is 0 Å². The average Bonchev–Trinajstić information content (AvgIpc) is 3.18. The number of carbonyl (C=O) groups excluding carboxylic acids is 1. The maximum Gasteiger partial charge on any atom is 0.255 e. The molecule has 5 rings (SSSR count). The molecule has 2 aliphatic rings. The van der Waals surface area contributed by atoms with Crippen molar-refractivity contribution >= 4 is 29.0 Å². The van der Waals surface area contributed by atoms with Crippen molar-refractivity contribution in [2.24, 2.45) is 4.99 Å². The van der Waals surface area contributed by atoms with Crippen molar-refractivity contribution < 1.29 is 14.3 Å². The number of rotatable bonds is 2. The van der Waals surface area contributed by atoms with Gasteiger partial charge in [0.15, 0.2) is 5.75 Å². The largest absolute Gasteiger partial charge is 0.497 e. The van der Waals surface area contributed by atoms with E-state index in [1.807, 2.05) is 59.5 Å². The molecule has 6 nitrogen and oxygen atoms in total. The smallest absolute Gasteiger partial charge is 0.255 e. The maximum atomic E-state index is 13.1. The SMILES string of the molecule is COc1ccc2c(c1)Oc1ccccc1N=C2N1CCCN(C(=O)c2ccccc2Cl)CC1. The van der Waals surface area contributed by atoms with E-state index in [1.165, 1.54) is 0 Å². The minimum atomic E-state index is -0.0379. The summed E-state index contributed by atoms with van der Waals surface area (Å²) in [5, 5.41) is 0.480. The summed E-state index contributed by atoms with van der Waals surface area (Å²) >= 11 is 6.28. The highest BCUT2D eigenvalue weighted by atomic mass is 35.5. The van der Waals surface area contributed by atoms with Gasteiger partial charge >= 0.3 is 0 Å². The zero-order chi connectivity index (χ0) is 22.8. The molecule has 0 radical (unpaired) electrons. The predicted molar refractivity (Wildman–Crippen MR) is 129 cm³/mol. The van der Waals surface area contributed by atoms with Gasteiger partial charge in [-0.25, -0.2) is 4.99 Å². The zero-order valence-electron chi connectivity index (χ0n) is 18.3. The molecule has 2 heterocycles. The highest BCUT2D eigenvalue weighted by Gasteiger charge is 2.27. The molecule has 2 aliphatic heterocycles. The van der Waals surface area contributed by atoms with Crippen LogP contribution in [0, 0.1) is 0 Å². The molecule has 0 unspecified atom stereocenters. The topological polar surface area (TPSA) is 54.4 Å². The fourth-order valence-corrected chi connectivity index (χ4v) is 4.42. The highest BCUT2D eigenvalue weighted by molar-refractivity contribution is 6.33. The fourth-order valence-electron chi connectivity index (χ4n) is 4.21. The standard InChI is InChI=1S/C26H24ClN3O3/c1-32-18-11-12-20-24(17-18)33-23-10-5-4-9-22(23)28-25(20)29-13-6-14-30(16-15-29)26(31)19-7-2-3-8-21(19)27/h2-5,7-12,17H,6,13-16H2,1H3. The Hall–Kier alpha value is -3.51. The molecule has 33 heavy (non-hydrogen) atoms. The van der Waals surface area contributed by atoms with Crippen molar-refractivity contribution in [2.45, 2.75) is 6.42 Å². The number of para-hydroxylation sites is 2. The van der Waals surface area contributed by atoms with Crippen LogP contribution >= 0.6 is 11.6 Å². The lowest BCUT2D eigenvalue weighted by molar-refractivity contribution is 0.0764. The average molecular weight is 462 g/mol. The summed E-state index contributed by atoms with van der Waals surface area (Å²) in [6, 6.07) is 20.7. The van der Waals surface area contributed by atoms with Crippen molar-refractivity contribution in [3.8, 4) is 17.2 Å². The van der Waals surface area contributed by atoms with E-state index >= 15 is 0 Å². The minimum absolute atomic E-state index is 0.0379. The van der Waals surface area contributed by atoms with Crippen molar-refractivity contribution in [3.63, 3.8) is 0 Å². The number of methoxy groups -OCH3 is 1. The molecular formula is C26H24ClN3O3. The van der Waals surface area contributed by atoms with Crippen LogP contribution in [0.25, 0.3) is 0 Å². The number of fused-ring (bicyclic) bond motifs is 2. The molecule has 1 fully saturated rings. The van der Waals surface area contributed by atoms with E-state index in [-0.39, 0.29) is 5.91 Å². The molecule has 1 amide bonds. The van der Waals surface area contributed by atoms with E-state index in [4.69, 9.17) is 26.1 Å². The normalized spacial score (nSPS) is 15.4. The first-order valence-corrected chi connectivity index (χ1v) is 11.3. The van der Waals surface area contributed by atoms with Crippen LogP contribution in [0.4, 0.5) is 5.69 Å². The number of amidine groups is 1. The van der Waals surface area contributed by atoms with Crippen LogP contribution in [0.15, 0.2) is 71.7 Å². The lowest BCUT2D eigenvalue weighted by Crippen LogP contribution is -2.37. The molecule has 0 aromatic heterocycles. The summed E-state index contributed by atoms with van der Waals surface area (Å²) in [5.74, 6) is 2.92. The predicted octanol–water partition coefficient (Wildman–Crippen LogP) is 5.38. The molecule has 3 aromatic carbocycles. The molecule has 0 N–H and O–H groups in total. The van der Waals surface area contributed by atoms with Crippen LogP contribution in [0.3, 0.4) is 0 Å². The molecule has 7 heteroatoms. The number of ether oxygens (including phenoxy) is 2. The van der Waals surface area contributed by atoms with Crippen LogP contribution in [0.2, 0.25) is 5.02 Å². The number of nitrogens with zero attached hydrogens (tertiary/aromatic N) is 3. The molecule has 0 bridgehead atoms. The van der Waals surface area contributed by atoms with Gasteiger partial charge in [-0.05, 0) is 42.8 Å². The van der Waals surface area contributed by atoms with Crippen LogP contribution in [-0.4, -0.2) is 54.8 Å². The molecular weight excluding hydrogens is 438 g/mol. The summed E-state index contributed by atoms with van der Waals surface area (Å²) in [6.07, 6.45) is 0.823. The van der Waals surface area contributed by atoms with Crippen molar-refractivity contribution in [3.05, 3.63) is 82.9 Å². The zero-order valence-corrected chi connectivity index (χ0v) is 19.1. The number of hydrogen-bond acceptors (Lipinski definition) is 5. The first-order chi connectivity index (χ1) is 16.1. The molecule has 1 saturated heterocycles. The summed E-state index contributed by atoms with van der Waals surface area (Å²) in [5.41, 5.74) is 2.22. The van der Waals surface area contributed by atoms with Gasteiger partial charge in [0.25, 0.3) is 5.91 Å². The lowest BCUT2D eigenvalue weighted by Gasteiger charge is -2.25. The lowest BCUT2D eigenvalue weighted by atomic mass is 10.1. The van der Waals surface area contributed by atoms with E-state index in [2.05, 4.69) is 4.90 Å². The first-order valence-electron chi connectivity index (χ1n) is 11.0. The van der Waals surface area contributed by atoms with Crippen LogP contribution in [-0.2, 0) is 0 Å². The Morgan fingerprint density at radius 1 is 0.970 bits per heavy atom. The number of benzene rings is 3. The Labute approximate surface area is 198 Å². The summed E-state index contributed by atoms with van der Waals surface area (Å²) in [7, 11) is 1.64. The van der Waals surface area contributed by atoms with Crippen molar-refractivity contribution in [1.29, 1.82) is 0 Å². The summed E-state index contributed by atoms with van der Waals surface area (Å²) < 4.78 is 11.6. The van der Waals surface area contributed by atoms with Gasteiger partial charge in [0.05, 0.1) is 23.3 Å². The third-order valence-corrected chi connectivity index (χ3v) is 6.26. The van der Waals surface area contributed by atoms with Gasteiger partial charge in [-0.3, -0.25) is 4.79 Å². The van der Waals surface area contributed by atoms with Gasteiger partial charge < -0.3 is 19.3 Å². The maximum absolute atomic E-state index is 13.1. The highest BCUT2D eigenvalue weighted by Crippen LogP contribution is 2.39. The Bertz CT molecular complexity index is 1230. The first kappa shape index (κ1) is 21.3. The van der Waals surface area contributed by atoms with Gasteiger partial charge in [-0.1, -0.05) is 35.9 Å². The van der Waals surface area contributed by atoms with E-state index < -0.39 is 0 Å². The van der Waals surface area contributed by atoms with Gasteiger partial charge in [-0.15, -0.1) is 0 Å². The monoisotopic (exact) mass is 461 g/mol. The number of hydrogen-bond donors (Lipinski definition) is 0. The number of amides is 1. The molecule has 0 spiro atoms. The van der Waals surface area contributed by atoms with Gasteiger partial charge in [-0.2, -0.15) is 0 Å². The second-order valence-electron chi connectivity index (χ2n) is 7.98. The van der Waals surface area contributed by atoms with Crippen LogP contribution in [0.1, 0.15) is 22.3 Å². The third kappa shape index (κ3) is 4.26. The Balaban J connectivity index is 1.45. The Kier molecular flexibility index (Phi) is 5.92. The quantitative estimate of drug-likeness (QED) is 0.514. The Morgan fingerprint density at radius 2 is 1.79 bits per heavy atom. The molecule has 168 valence electrons. The molecule has 0 atom stereocenters. The minimum Gasteiger partial charge on any atom is -0.497 e. The van der Waals surface area contributed by atoms with Crippen LogP contribution < -0.4 is 9.47 Å². The van der Waals surface area contributed by atoms with E-state index in [0.717, 1.165) is 35.8 Å². The number of aliphatic imine (C=N–C) groups is 1. The van der Waals surface area contributed by atoms with Crippen LogP contribution in [0.5, 0.6) is 17.2 Å². The molecule has 0 saturated carbocycles. The van der Waals surface area contributed by atoms with Gasteiger partial charge in [0, 0.05) is 32.2 Å². The number of halogens is 1.